The van der Waals surface area contributed by atoms with Gasteiger partial charge in [0.1, 0.15) is 5.75 Å². The Hall–Kier alpha value is -2.09. The number of rotatable bonds is 6. The van der Waals surface area contributed by atoms with Gasteiger partial charge in [0, 0.05) is 11.3 Å². The van der Waals surface area contributed by atoms with E-state index in [1.54, 1.807) is 36.4 Å². The number of benzene rings is 2. The van der Waals surface area contributed by atoms with Gasteiger partial charge in [-0.25, -0.2) is 8.42 Å². The molecule has 2 aromatic rings. The van der Waals surface area contributed by atoms with E-state index in [0.717, 1.165) is 11.1 Å². The van der Waals surface area contributed by atoms with Crippen molar-refractivity contribution in [2.24, 2.45) is 0 Å². The first kappa shape index (κ1) is 16.8. The van der Waals surface area contributed by atoms with Crippen LogP contribution in [0.5, 0.6) is 5.75 Å². The molecule has 0 saturated carbocycles. The maximum atomic E-state index is 12.6. The molecule has 2 aromatic carbocycles. The molecule has 0 saturated heterocycles. The van der Waals surface area contributed by atoms with Crippen LogP contribution in [0.15, 0.2) is 41.3 Å². The molecule has 0 aliphatic carbocycles. The first-order valence-electron chi connectivity index (χ1n) is 7.62. The zero-order chi connectivity index (χ0) is 17.2. The second-order valence-electron chi connectivity index (χ2n) is 5.44. The molecule has 128 valence electrons. The molecule has 0 spiro atoms. The molecular weight excluding hydrogens is 330 g/mol. The Kier molecular flexibility index (Phi) is 4.75. The van der Waals surface area contributed by atoms with Gasteiger partial charge in [0.2, 0.25) is 0 Å². The zero-order valence-electron chi connectivity index (χ0n) is 13.3. The first-order chi connectivity index (χ1) is 11.5. The number of aliphatic hydroxyl groups is 1. The van der Waals surface area contributed by atoms with Gasteiger partial charge in [-0.1, -0.05) is 6.07 Å². The first-order valence-corrected chi connectivity index (χ1v) is 9.10. The van der Waals surface area contributed by atoms with E-state index in [2.05, 4.69) is 4.72 Å². The molecule has 0 radical (unpaired) electrons. The molecule has 0 atom stereocenters. The van der Waals surface area contributed by atoms with Crippen molar-refractivity contribution in [2.45, 2.75) is 31.6 Å². The van der Waals surface area contributed by atoms with Gasteiger partial charge < -0.3 is 14.6 Å². The van der Waals surface area contributed by atoms with Gasteiger partial charge in [0.05, 0.1) is 31.3 Å². The molecule has 1 heterocycles. The summed E-state index contributed by atoms with van der Waals surface area (Å²) in [6.07, 6.45) is 0. The van der Waals surface area contributed by atoms with E-state index in [1.807, 2.05) is 6.92 Å². The Morgan fingerprint density at radius 1 is 1.17 bits per heavy atom. The van der Waals surface area contributed by atoms with Crippen molar-refractivity contribution >= 4 is 15.7 Å². The third kappa shape index (κ3) is 3.38. The van der Waals surface area contributed by atoms with E-state index in [0.29, 0.717) is 36.8 Å². The van der Waals surface area contributed by atoms with Crippen molar-refractivity contribution in [3.63, 3.8) is 0 Å². The van der Waals surface area contributed by atoms with E-state index in [4.69, 9.17) is 9.47 Å². The van der Waals surface area contributed by atoms with E-state index in [9.17, 15) is 13.5 Å². The SMILES string of the molecule is CCOc1ccc(NS(=O)(=O)c2ccc3c(c2)COC3)cc1CO. The van der Waals surface area contributed by atoms with Crippen molar-refractivity contribution in [3.8, 4) is 5.75 Å². The topological polar surface area (TPSA) is 84.9 Å². The van der Waals surface area contributed by atoms with Crippen LogP contribution in [0.3, 0.4) is 0 Å². The number of sulfonamides is 1. The summed E-state index contributed by atoms with van der Waals surface area (Å²) >= 11 is 0. The molecular formula is C17H19NO5S. The number of anilines is 1. The molecule has 0 fully saturated rings. The summed E-state index contributed by atoms with van der Waals surface area (Å²) in [4.78, 5) is 0.186. The summed E-state index contributed by atoms with van der Waals surface area (Å²) in [5.41, 5.74) is 2.80. The number of ether oxygens (including phenoxy) is 2. The number of aliphatic hydroxyl groups excluding tert-OH is 1. The quantitative estimate of drug-likeness (QED) is 0.836. The summed E-state index contributed by atoms with van der Waals surface area (Å²) in [6.45, 7) is 3.02. The van der Waals surface area contributed by atoms with Crippen molar-refractivity contribution in [3.05, 3.63) is 53.1 Å². The molecule has 0 bridgehead atoms. The van der Waals surface area contributed by atoms with E-state index in [1.165, 1.54) is 0 Å². The van der Waals surface area contributed by atoms with Gasteiger partial charge in [-0.2, -0.15) is 0 Å². The highest BCUT2D eigenvalue weighted by Crippen LogP contribution is 2.27. The van der Waals surface area contributed by atoms with Crippen molar-refractivity contribution in [2.75, 3.05) is 11.3 Å². The van der Waals surface area contributed by atoms with Crippen LogP contribution in [0.25, 0.3) is 0 Å². The highest BCUT2D eigenvalue weighted by Gasteiger charge is 2.19. The Labute approximate surface area is 141 Å². The Morgan fingerprint density at radius 3 is 2.71 bits per heavy atom. The fourth-order valence-electron chi connectivity index (χ4n) is 2.59. The minimum Gasteiger partial charge on any atom is -0.494 e. The van der Waals surface area contributed by atoms with Crippen molar-refractivity contribution in [1.82, 2.24) is 0 Å². The highest BCUT2D eigenvalue weighted by atomic mass is 32.2. The number of hydrogen-bond donors (Lipinski definition) is 2. The molecule has 0 amide bonds. The summed E-state index contributed by atoms with van der Waals surface area (Å²) in [5.74, 6) is 0.539. The molecule has 7 heteroatoms. The Bertz CT molecular complexity index is 848. The highest BCUT2D eigenvalue weighted by molar-refractivity contribution is 7.92. The van der Waals surface area contributed by atoms with Gasteiger partial charge in [0.25, 0.3) is 10.0 Å². The minimum absolute atomic E-state index is 0.186. The van der Waals surface area contributed by atoms with Gasteiger partial charge in [-0.05, 0) is 48.4 Å². The average molecular weight is 349 g/mol. The lowest BCUT2D eigenvalue weighted by atomic mass is 10.1. The summed E-state index contributed by atoms with van der Waals surface area (Å²) in [5, 5.41) is 9.42. The fourth-order valence-corrected chi connectivity index (χ4v) is 3.69. The third-order valence-corrected chi connectivity index (χ3v) is 5.17. The minimum atomic E-state index is -3.71. The predicted octanol–water partition coefficient (Wildman–Crippen LogP) is 2.41. The summed E-state index contributed by atoms with van der Waals surface area (Å²) in [7, 11) is -3.71. The molecule has 3 rings (SSSR count). The summed E-state index contributed by atoms with van der Waals surface area (Å²) < 4.78 is 38.4. The number of nitrogens with one attached hydrogen (secondary N) is 1. The molecule has 6 nitrogen and oxygen atoms in total. The standard InChI is InChI=1S/C17H19NO5S/c1-2-23-17-6-4-15(7-13(17)9-19)18-24(20,21)16-5-3-12-10-22-11-14(12)8-16/h3-8,18-19H,2,9-11H2,1H3. The molecule has 24 heavy (non-hydrogen) atoms. The summed E-state index contributed by atoms with van der Waals surface area (Å²) in [6, 6.07) is 9.79. The van der Waals surface area contributed by atoms with Crippen molar-refractivity contribution < 1.29 is 23.0 Å². The third-order valence-electron chi connectivity index (χ3n) is 3.79. The van der Waals surface area contributed by atoms with Crippen molar-refractivity contribution in [1.29, 1.82) is 0 Å². The maximum Gasteiger partial charge on any atom is 0.261 e. The Morgan fingerprint density at radius 2 is 1.96 bits per heavy atom. The van der Waals surface area contributed by atoms with E-state index >= 15 is 0 Å². The Balaban J connectivity index is 1.86. The smallest absolute Gasteiger partial charge is 0.261 e. The number of fused-ring (bicyclic) bond motifs is 1. The molecule has 2 N–H and O–H groups in total. The van der Waals surface area contributed by atoms with Gasteiger partial charge in [0.15, 0.2) is 0 Å². The second-order valence-corrected chi connectivity index (χ2v) is 7.12. The maximum absolute atomic E-state index is 12.6. The largest absolute Gasteiger partial charge is 0.494 e. The second kappa shape index (κ2) is 6.80. The van der Waals surface area contributed by atoms with Gasteiger partial charge in [-0.15, -0.1) is 0 Å². The van der Waals surface area contributed by atoms with Gasteiger partial charge >= 0.3 is 0 Å². The van der Waals surface area contributed by atoms with E-state index in [-0.39, 0.29) is 11.5 Å². The molecule has 0 unspecified atom stereocenters. The van der Waals surface area contributed by atoms with E-state index < -0.39 is 10.0 Å². The normalized spacial score (nSPS) is 13.6. The van der Waals surface area contributed by atoms with Crippen LogP contribution < -0.4 is 9.46 Å². The fraction of sp³-hybridized carbons (Fsp3) is 0.294. The lowest BCUT2D eigenvalue weighted by Crippen LogP contribution is -2.13. The average Bonchev–Trinajstić information content (AvgIpc) is 3.03. The van der Waals surface area contributed by atoms with Crippen LogP contribution in [0.4, 0.5) is 5.69 Å². The lowest BCUT2D eigenvalue weighted by molar-refractivity contribution is 0.134. The van der Waals surface area contributed by atoms with Crippen LogP contribution in [0, 0.1) is 0 Å². The van der Waals surface area contributed by atoms with Crippen LogP contribution >= 0.6 is 0 Å². The predicted molar refractivity (Wildman–Crippen MR) is 89.3 cm³/mol. The van der Waals surface area contributed by atoms with Crippen LogP contribution in [-0.2, 0) is 34.6 Å². The number of hydrogen-bond acceptors (Lipinski definition) is 5. The van der Waals surface area contributed by atoms with Crippen LogP contribution in [0.1, 0.15) is 23.6 Å². The van der Waals surface area contributed by atoms with Crippen LogP contribution in [0.2, 0.25) is 0 Å². The van der Waals surface area contributed by atoms with Gasteiger partial charge in [-0.3, -0.25) is 4.72 Å². The molecule has 1 aliphatic heterocycles. The van der Waals surface area contributed by atoms with Crippen LogP contribution in [-0.4, -0.2) is 20.1 Å². The monoisotopic (exact) mass is 349 g/mol. The molecule has 0 aromatic heterocycles. The zero-order valence-corrected chi connectivity index (χ0v) is 14.1. The molecule has 1 aliphatic rings. The lowest BCUT2D eigenvalue weighted by Gasteiger charge is -2.13.